The van der Waals surface area contributed by atoms with Crippen molar-refractivity contribution in [1.29, 1.82) is 0 Å². The summed E-state index contributed by atoms with van der Waals surface area (Å²) in [7, 11) is 0. The maximum absolute atomic E-state index is 4.80. The number of rotatable bonds is 4. The van der Waals surface area contributed by atoms with E-state index in [4.69, 9.17) is 4.98 Å². The van der Waals surface area contributed by atoms with Gasteiger partial charge in [-0.25, -0.2) is 4.98 Å². The van der Waals surface area contributed by atoms with Crippen LogP contribution in [0, 0.1) is 5.92 Å². The molecule has 3 heteroatoms. The van der Waals surface area contributed by atoms with Gasteiger partial charge in [0.05, 0.1) is 5.69 Å². The molecule has 0 bridgehead atoms. The highest BCUT2D eigenvalue weighted by Gasteiger charge is 2.33. The van der Waals surface area contributed by atoms with Gasteiger partial charge in [-0.05, 0) is 25.3 Å². The van der Waals surface area contributed by atoms with Crippen molar-refractivity contribution in [3.63, 3.8) is 0 Å². The molecule has 1 aliphatic rings. The third kappa shape index (κ3) is 2.46. The van der Waals surface area contributed by atoms with Gasteiger partial charge in [-0.15, -0.1) is 11.3 Å². The van der Waals surface area contributed by atoms with Gasteiger partial charge in [0.2, 0.25) is 0 Å². The Hall–Kier alpha value is -0.410. The third-order valence-corrected chi connectivity index (χ3v) is 4.30. The number of nitrogens with one attached hydrogen (secondary N) is 1. The summed E-state index contributed by atoms with van der Waals surface area (Å²) in [5, 5.41) is 4.73. The number of aromatic nitrogens is 1. The molecule has 1 aromatic heterocycles. The van der Waals surface area contributed by atoms with Crippen molar-refractivity contribution in [2.75, 3.05) is 6.54 Å². The van der Waals surface area contributed by atoms with Crippen LogP contribution >= 0.6 is 11.3 Å². The zero-order valence-corrected chi connectivity index (χ0v) is 11.6. The van der Waals surface area contributed by atoms with Crippen molar-refractivity contribution in [1.82, 2.24) is 10.3 Å². The fraction of sp³-hybridized carbons (Fsp3) is 0.769. The first-order valence-corrected chi connectivity index (χ1v) is 7.00. The average molecular weight is 238 g/mol. The largest absolute Gasteiger partial charge is 0.310 e. The summed E-state index contributed by atoms with van der Waals surface area (Å²) in [4.78, 5) is 6.32. The monoisotopic (exact) mass is 238 g/mol. The van der Waals surface area contributed by atoms with E-state index in [1.54, 1.807) is 0 Å². The lowest BCUT2D eigenvalue weighted by atomic mass is 9.91. The summed E-state index contributed by atoms with van der Waals surface area (Å²) >= 11 is 1.90. The molecule has 0 saturated heterocycles. The van der Waals surface area contributed by atoms with E-state index >= 15 is 0 Å². The summed E-state index contributed by atoms with van der Waals surface area (Å²) in [6, 6.07) is 0. The molecule has 0 aromatic carbocycles. The number of thiazole rings is 1. The van der Waals surface area contributed by atoms with Crippen LogP contribution in [-0.2, 0) is 18.4 Å². The van der Waals surface area contributed by atoms with Crippen LogP contribution < -0.4 is 5.32 Å². The summed E-state index contributed by atoms with van der Waals surface area (Å²) in [6.07, 6.45) is 2.49. The maximum Gasteiger partial charge on any atom is 0.107 e. The molecule has 0 fully saturated rings. The molecule has 1 heterocycles. The lowest BCUT2D eigenvalue weighted by molar-refractivity contribution is 0.505. The Bertz CT molecular complexity index is 366. The van der Waals surface area contributed by atoms with Gasteiger partial charge >= 0.3 is 0 Å². The SMILES string of the molecule is CC(C)CNCc1nc2c(s1)CCC2(C)C. The summed E-state index contributed by atoms with van der Waals surface area (Å²) in [5.41, 5.74) is 1.67. The van der Waals surface area contributed by atoms with Gasteiger partial charge in [-0.3, -0.25) is 0 Å². The van der Waals surface area contributed by atoms with Crippen LogP contribution in [0.5, 0.6) is 0 Å². The van der Waals surface area contributed by atoms with Gasteiger partial charge in [0, 0.05) is 16.8 Å². The van der Waals surface area contributed by atoms with Crippen LogP contribution in [0.25, 0.3) is 0 Å². The zero-order valence-electron chi connectivity index (χ0n) is 10.8. The molecule has 1 aliphatic carbocycles. The fourth-order valence-corrected chi connectivity index (χ4v) is 3.40. The molecule has 2 rings (SSSR count). The molecule has 16 heavy (non-hydrogen) atoms. The van der Waals surface area contributed by atoms with Crippen LogP contribution in [-0.4, -0.2) is 11.5 Å². The molecule has 0 saturated carbocycles. The third-order valence-electron chi connectivity index (χ3n) is 3.19. The van der Waals surface area contributed by atoms with Crippen molar-refractivity contribution in [3.05, 3.63) is 15.6 Å². The minimum Gasteiger partial charge on any atom is -0.310 e. The van der Waals surface area contributed by atoms with Crippen LogP contribution in [0.4, 0.5) is 0 Å². The van der Waals surface area contributed by atoms with Gasteiger partial charge in [0.15, 0.2) is 0 Å². The molecule has 1 aromatic rings. The predicted molar refractivity (Wildman–Crippen MR) is 70.0 cm³/mol. The lowest BCUT2D eigenvalue weighted by Gasteiger charge is -2.15. The quantitative estimate of drug-likeness (QED) is 0.872. The maximum atomic E-state index is 4.80. The normalized spacial score (nSPS) is 18.1. The van der Waals surface area contributed by atoms with E-state index in [1.165, 1.54) is 28.4 Å². The van der Waals surface area contributed by atoms with Crippen LogP contribution in [0.1, 0.15) is 49.7 Å². The van der Waals surface area contributed by atoms with E-state index in [9.17, 15) is 0 Å². The van der Waals surface area contributed by atoms with Gasteiger partial charge < -0.3 is 5.32 Å². The summed E-state index contributed by atoms with van der Waals surface area (Å²) in [5.74, 6) is 0.711. The summed E-state index contributed by atoms with van der Waals surface area (Å²) in [6.45, 7) is 11.1. The first-order valence-electron chi connectivity index (χ1n) is 6.19. The van der Waals surface area contributed by atoms with Crippen molar-refractivity contribution < 1.29 is 0 Å². The van der Waals surface area contributed by atoms with E-state index in [-0.39, 0.29) is 0 Å². The Morgan fingerprint density at radius 3 is 2.81 bits per heavy atom. The molecule has 0 unspecified atom stereocenters. The second kappa shape index (κ2) is 4.46. The van der Waals surface area contributed by atoms with Crippen molar-refractivity contribution >= 4 is 11.3 Å². The molecule has 0 atom stereocenters. The minimum atomic E-state index is 0.308. The molecule has 0 radical (unpaired) electrons. The van der Waals surface area contributed by atoms with Crippen LogP contribution in [0.15, 0.2) is 0 Å². The molecule has 0 aliphatic heterocycles. The molecular weight excluding hydrogens is 216 g/mol. The van der Waals surface area contributed by atoms with Crippen LogP contribution in [0.3, 0.4) is 0 Å². The second-order valence-electron chi connectivity index (χ2n) is 5.79. The predicted octanol–water partition coefficient (Wildman–Crippen LogP) is 3.11. The van der Waals surface area contributed by atoms with Gasteiger partial charge in [0.1, 0.15) is 5.01 Å². The molecule has 2 nitrogen and oxygen atoms in total. The molecule has 90 valence electrons. The van der Waals surface area contributed by atoms with Crippen molar-refractivity contribution in [2.24, 2.45) is 5.92 Å². The summed E-state index contributed by atoms with van der Waals surface area (Å²) < 4.78 is 0. The molecule has 0 amide bonds. The highest BCUT2D eigenvalue weighted by molar-refractivity contribution is 7.11. The number of fused-ring (bicyclic) bond motifs is 1. The molecular formula is C13H22N2S. The zero-order chi connectivity index (χ0) is 11.8. The van der Waals surface area contributed by atoms with E-state index in [0.717, 1.165) is 13.1 Å². The number of aryl methyl sites for hydroxylation is 1. The second-order valence-corrected chi connectivity index (χ2v) is 6.96. The van der Waals surface area contributed by atoms with Crippen molar-refractivity contribution in [2.45, 2.75) is 52.5 Å². The van der Waals surface area contributed by atoms with E-state index in [0.29, 0.717) is 11.3 Å². The average Bonchev–Trinajstić information content (AvgIpc) is 2.68. The lowest BCUT2D eigenvalue weighted by Crippen LogP contribution is -2.19. The van der Waals surface area contributed by atoms with E-state index in [1.807, 2.05) is 11.3 Å². The minimum absolute atomic E-state index is 0.308. The topological polar surface area (TPSA) is 24.9 Å². The van der Waals surface area contributed by atoms with Crippen LogP contribution in [0.2, 0.25) is 0 Å². The van der Waals surface area contributed by atoms with E-state index in [2.05, 4.69) is 33.0 Å². The Kier molecular flexibility index (Phi) is 3.36. The van der Waals surface area contributed by atoms with E-state index < -0.39 is 0 Å². The van der Waals surface area contributed by atoms with Gasteiger partial charge in [-0.1, -0.05) is 27.7 Å². The highest BCUT2D eigenvalue weighted by Crippen LogP contribution is 2.40. The number of hydrogen-bond donors (Lipinski definition) is 1. The standard InChI is InChI=1S/C13H22N2S/c1-9(2)7-14-8-11-15-12-10(16-11)5-6-13(12,3)4/h9,14H,5-8H2,1-4H3. The van der Waals surface area contributed by atoms with Gasteiger partial charge in [0.25, 0.3) is 0 Å². The molecule has 0 spiro atoms. The Balaban J connectivity index is 1.98. The smallest absolute Gasteiger partial charge is 0.107 e. The Morgan fingerprint density at radius 2 is 2.19 bits per heavy atom. The van der Waals surface area contributed by atoms with Gasteiger partial charge in [-0.2, -0.15) is 0 Å². The molecule has 1 N–H and O–H groups in total. The Morgan fingerprint density at radius 1 is 1.44 bits per heavy atom. The highest BCUT2D eigenvalue weighted by atomic mass is 32.1. The Labute approximate surface area is 102 Å². The number of hydrogen-bond acceptors (Lipinski definition) is 3. The first kappa shape index (κ1) is 12.1. The fourth-order valence-electron chi connectivity index (χ4n) is 2.19. The van der Waals surface area contributed by atoms with Crippen molar-refractivity contribution in [3.8, 4) is 0 Å². The number of nitrogens with zero attached hydrogens (tertiary/aromatic N) is 1. The first-order chi connectivity index (χ1) is 7.49.